The maximum absolute atomic E-state index is 12.6. The van der Waals surface area contributed by atoms with Gasteiger partial charge in [-0.2, -0.15) is 0 Å². The number of hydrogen-bond donors (Lipinski definition) is 2. The minimum Gasteiger partial charge on any atom is -0.350 e. The molecule has 4 nitrogen and oxygen atoms in total. The van der Waals surface area contributed by atoms with Gasteiger partial charge in [0.05, 0.1) is 6.04 Å². The van der Waals surface area contributed by atoms with Crippen LogP contribution >= 0.6 is 0 Å². The molecule has 1 aliphatic heterocycles. The second kappa shape index (κ2) is 8.97. The van der Waals surface area contributed by atoms with Crippen LogP contribution in [0.15, 0.2) is 54.6 Å². The van der Waals surface area contributed by atoms with E-state index in [1.54, 1.807) is 0 Å². The summed E-state index contributed by atoms with van der Waals surface area (Å²) >= 11 is 0. The summed E-state index contributed by atoms with van der Waals surface area (Å²) in [6, 6.07) is 18.2. The monoisotopic (exact) mass is 351 g/mol. The molecule has 1 amide bonds. The Hall–Kier alpha value is -2.17. The van der Waals surface area contributed by atoms with Crippen LogP contribution in [0.3, 0.4) is 0 Å². The van der Waals surface area contributed by atoms with Crippen molar-refractivity contribution in [3.63, 3.8) is 0 Å². The molecule has 0 aromatic heterocycles. The number of hydrogen-bond acceptors (Lipinski definition) is 3. The molecule has 0 bridgehead atoms. The summed E-state index contributed by atoms with van der Waals surface area (Å²) < 4.78 is 0. The Morgan fingerprint density at radius 3 is 2.38 bits per heavy atom. The molecule has 1 saturated heterocycles. The molecule has 4 heteroatoms. The van der Waals surface area contributed by atoms with Crippen molar-refractivity contribution in [3.05, 3.63) is 71.3 Å². The predicted octanol–water partition coefficient (Wildman–Crippen LogP) is 3.35. The molecule has 3 rings (SSSR count). The molecule has 0 spiro atoms. The van der Waals surface area contributed by atoms with Crippen LogP contribution in [0, 0.1) is 5.92 Å². The average Bonchev–Trinajstić information content (AvgIpc) is 2.70. The van der Waals surface area contributed by atoms with Crippen LogP contribution < -0.4 is 11.1 Å². The first-order chi connectivity index (χ1) is 12.7. The molecular weight excluding hydrogens is 322 g/mol. The zero-order chi connectivity index (χ0) is 18.4. The standard InChI is InChI=1S/C22H29N3O/c1-17-11-13-25(14-12-17)21(19-5-3-2-4-6-19)16-24-22(26)20-9-7-18(15-23)8-10-20/h2-10,17,21H,11-16,23H2,1H3,(H,24,26). The number of likely N-dealkylation sites (tertiary alicyclic amines) is 1. The Labute approximate surface area is 156 Å². The van der Waals surface area contributed by atoms with Crippen LogP contribution in [0.4, 0.5) is 0 Å². The van der Waals surface area contributed by atoms with Gasteiger partial charge in [-0.25, -0.2) is 0 Å². The third kappa shape index (κ3) is 4.71. The van der Waals surface area contributed by atoms with E-state index in [0.29, 0.717) is 18.7 Å². The van der Waals surface area contributed by atoms with Crippen LogP contribution in [-0.4, -0.2) is 30.4 Å². The lowest BCUT2D eigenvalue weighted by atomic mass is 9.95. The van der Waals surface area contributed by atoms with E-state index in [-0.39, 0.29) is 11.9 Å². The van der Waals surface area contributed by atoms with Crippen LogP contribution in [-0.2, 0) is 6.54 Å². The third-order valence-corrected chi connectivity index (χ3v) is 5.35. The Bertz CT molecular complexity index is 691. The maximum Gasteiger partial charge on any atom is 0.251 e. The number of benzene rings is 2. The van der Waals surface area contributed by atoms with Gasteiger partial charge in [-0.05, 0) is 55.1 Å². The summed E-state index contributed by atoms with van der Waals surface area (Å²) in [5.41, 5.74) is 8.60. The molecular formula is C22H29N3O. The van der Waals surface area contributed by atoms with E-state index in [9.17, 15) is 4.79 Å². The van der Waals surface area contributed by atoms with Gasteiger partial charge < -0.3 is 11.1 Å². The van der Waals surface area contributed by atoms with E-state index < -0.39 is 0 Å². The number of carbonyl (C=O) groups excluding carboxylic acids is 1. The lowest BCUT2D eigenvalue weighted by Crippen LogP contribution is -2.42. The number of nitrogens with two attached hydrogens (primary N) is 1. The molecule has 2 aromatic rings. The molecule has 1 fully saturated rings. The van der Waals surface area contributed by atoms with Crippen LogP contribution in [0.2, 0.25) is 0 Å². The quantitative estimate of drug-likeness (QED) is 0.839. The molecule has 1 heterocycles. The molecule has 0 saturated carbocycles. The minimum absolute atomic E-state index is 0.0279. The fraction of sp³-hybridized carbons (Fsp3) is 0.409. The number of piperidine rings is 1. The number of carbonyl (C=O) groups is 1. The van der Waals surface area contributed by atoms with Gasteiger partial charge in [0.2, 0.25) is 0 Å². The van der Waals surface area contributed by atoms with Gasteiger partial charge in [0.1, 0.15) is 0 Å². The van der Waals surface area contributed by atoms with Gasteiger partial charge in [0.15, 0.2) is 0 Å². The number of amides is 1. The van der Waals surface area contributed by atoms with Crippen molar-refractivity contribution in [1.82, 2.24) is 10.2 Å². The van der Waals surface area contributed by atoms with E-state index >= 15 is 0 Å². The maximum atomic E-state index is 12.6. The van der Waals surface area contributed by atoms with Crippen LogP contribution in [0.1, 0.15) is 47.3 Å². The molecule has 1 unspecified atom stereocenters. The van der Waals surface area contributed by atoms with Crippen molar-refractivity contribution in [1.29, 1.82) is 0 Å². The van der Waals surface area contributed by atoms with Crippen molar-refractivity contribution < 1.29 is 4.79 Å². The highest BCUT2D eigenvalue weighted by Crippen LogP contribution is 2.26. The normalized spacial score (nSPS) is 17.0. The van der Waals surface area contributed by atoms with Crippen molar-refractivity contribution in [2.45, 2.75) is 32.4 Å². The lowest BCUT2D eigenvalue weighted by Gasteiger charge is -2.37. The summed E-state index contributed by atoms with van der Waals surface area (Å²) in [5.74, 6) is 0.762. The summed E-state index contributed by atoms with van der Waals surface area (Å²) in [7, 11) is 0. The second-order valence-corrected chi connectivity index (χ2v) is 7.26. The highest BCUT2D eigenvalue weighted by molar-refractivity contribution is 5.94. The molecule has 1 atom stereocenters. The van der Waals surface area contributed by atoms with Crippen molar-refractivity contribution in [3.8, 4) is 0 Å². The molecule has 0 aliphatic carbocycles. The minimum atomic E-state index is -0.0279. The Morgan fingerprint density at radius 2 is 1.77 bits per heavy atom. The summed E-state index contributed by atoms with van der Waals surface area (Å²) in [5, 5.41) is 3.13. The highest BCUT2D eigenvalue weighted by atomic mass is 16.1. The van der Waals surface area contributed by atoms with E-state index in [0.717, 1.165) is 24.6 Å². The van der Waals surface area contributed by atoms with Gasteiger partial charge in [0, 0.05) is 18.7 Å². The van der Waals surface area contributed by atoms with Crippen LogP contribution in [0.25, 0.3) is 0 Å². The van der Waals surface area contributed by atoms with Gasteiger partial charge in [-0.15, -0.1) is 0 Å². The first-order valence-electron chi connectivity index (χ1n) is 9.53. The van der Waals surface area contributed by atoms with Gasteiger partial charge in [-0.3, -0.25) is 9.69 Å². The Morgan fingerprint density at radius 1 is 1.12 bits per heavy atom. The highest BCUT2D eigenvalue weighted by Gasteiger charge is 2.25. The zero-order valence-corrected chi connectivity index (χ0v) is 15.5. The summed E-state index contributed by atoms with van der Waals surface area (Å²) in [6.45, 7) is 5.60. The Balaban J connectivity index is 1.68. The van der Waals surface area contributed by atoms with Gasteiger partial charge in [0.25, 0.3) is 5.91 Å². The van der Waals surface area contributed by atoms with Gasteiger partial charge >= 0.3 is 0 Å². The molecule has 0 radical (unpaired) electrons. The fourth-order valence-electron chi connectivity index (χ4n) is 3.56. The SMILES string of the molecule is CC1CCN(C(CNC(=O)c2ccc(CN)cc2)c2ccccc2)CC1. The summed E-state index contributed by atoms with van der Waals surface area (Å²) in [4.78, 5) is 15.1. The zero-order valence-electron chi connectivity index (χ0n) is 15.5. The molecule has 3 N–H and O–H groups in total. The second-order valence-electron chi connectivity index (χ2n) is 7.26. The number of nitrogens with one attached hydrogen (secondary N) is 1. The largest absolute Gasteiger partial charge is 0.350 e. The number of rotatable bonds is 6. The van der Waals surface area contributed by atoms with Crippen LogP contribution in [0.5, 0.6) is 0 Å². The molecule has 2 aromatic carbocycles. The molecule has 1 aliphatic rings. The predicted molar refractivity (Wildman–Crippen MR) is 106 cm³/mol. The van der Waals surface area contributed by atoms with Crippen molar-refractivity contribution in [2.24, 2.45) is 11.7 Å². The van der Waals surface area contributed by atoms with E-state index in [4.69, 9.17) is 5.73 Å². The van der Waals surface area contributed by atoms with Gasteiger partial charge in [-0.1, -0.05) is 49.4 Å². The van der Waals surface area contributed by atoms with E-state index in [1.165, 1.54) is 18.4 Å². The third-order valence-electron chi connectivity index (χ3n) is 5.35. The topological polar surface area (TPSA) is 58.4 Å². The average molecular weight is 351 g/mol. The molecule has 26 heavy (non-hydrogen) atoms. The number of nitrogens with zero attached hydrogens (tertiary/aromatic N) is 1. The fourth-order valence-corrected chi connectivity index (χ4v) is 3.56. The lowest BCUT2D eigenvalue weighted by molar-refractivity contribution is 0.0913. The van der Waals surface area contributed by atoms with E-state index in [2.05, 4.69) is 41.4 Å². The van der Waals surface area contributed by atoms with Crippen molar-refractivity contribution >= 4 is 5.91 Å². The smallest absolute Gasteiger partial charge is 0.251 e. The Kier molecular flexibility index (Phi) is 6.42. The van der Waals surface area contributed by atoms with E-state index in [1.807, 2.05) is 30.3 Å². The first-order valence-corrected chi connectivity index (χ1v) is 9.53. The first kappa shape index (κ1) is 18.6. The van der Waals surface area contributed by atoms with Crippen molar-refractivity contribution in [2.75, 3.05) is 19.6 Å². The molecule has 138 valence electrons. The summed E-state index contributed by atoms with van der Waals surface area (Å²) in [6.07, 6.45) is 2.44.